The van der Waals surface area contributed by atoms with Crippen LogP contribution in [0, 0.1) is 0 Å². The average Bonchev–Trinajstić information content (AvgIpc) is 2.81. The van der Waals surface area contributed by atoms with Gasteiger partial charge in [0.2, 0.25) is 0 Å². The van der Waals surface area contributed by atoms with E-state index in [4.69, 9.17) is 0 Å². The number of aryl methyl sites for hydroxylation is 1. The van der Waals surface area contributed by atoms with Gasteiger partial charge in [0.05, 0.1) is 12.2 Å². The average molecular weight is 244 g/mol. The number of carbonyl (C=O) groups is 1. The number of hydrogen-bond acceptors (Lipinski definition) is 2. The van der Waals surface area contributed by atoms with Crippen molar-refractivity contribution in [1.82, 2.24) is 20.4 Å². The summed E-state index contributed by atoms with van der Waals surface area (Å²) in [6, 6.07) is 11.5. The molecule has 2 rings (SSSR count). The van der Waals surface area contributed by atoms with Gasteiger partial charge in [-0.25, -0.2) is 4.79 Å². The normalized spacial score (nSPS) is 10.1. The number of carbonyl (C=O) groups excluding carboxylic acids is 1. The minimum Gasteiger partial charge on any atom is -0.334 e. The minimum atomic E-state index is -0.181. The number of hydrogen-bond donors (Lipinski definition) is 2. The number of rotatable bonds is 4. The fourth-order valence-electron chi connectivity index (χ4n) is 1.59. The highest BCUT2D eigenvalue weighted by Gasteiger charge is 2.02. The Labute approximate surface area is 106 Å². The Hall–Kier alpha value is -2.30. The van der Waals surface area contributed by atoms with Gasteiger partial charge in [0, 0.05) is 19.8 Å². The van der Waals surface area contributed by atoms with Gasteiger partial charge < -0.3 is 10.6 Å². The van der Waals surface area contributed by atoms with Gasteiger partial charge in [-0.1, -0.05) is 30.3 Å². The first-order valence-corrected chi connectivity index (χ1v) is 5.78. The maximum Gasteiger partial charge on any atom is 0.315 e. The highest BCUT2D eigenvalue weighted by molar-refractivity contribution is 5.73. The Morgan fingerprint density at radius 2 is 1.89 bits per heavy atom. The van der Waals surface area contributed by atoms with Crippen LogP contribution in [0.3, 0.4) is 0 Å². The Morgan fingerprint density at radius 3 is 2.56 bits per heavy atom. The Kier molecular flexibility index (Phi) is 3.96. The molecule has 0 unspecified atom stereocenters. The van der Waals surface area contributed by atoms with E-state index >= 15 is 0 Å². The molecular weight excluding hydrogens is 228 g/mol. The molecule has 0 aliphatic heterocycles. The lowest BCUT2D eigenvalue weighted by molar-refractivity contribution is 0.240. The van der Waals surface area contributed by atoms with Gasteiger partial charge in [0.1, 0.15) is 0 Å². The van der Waals surface area contributed by atoms with E-state index in [-0.39, 0.29) is 6.03 Å². The summed E-state index contributed by atoms with van der Waals surface area (Å²) >= 11 is 0. The van der Waals surface area contributed by atoms with Crippen molar-refractivity contribution >= 4 is 6.03 Å². The lowest BCUT2D eigenvalue weighted by Crippen LogP contribution is -2.35. The molecule has 5 nitrogen and oxygen atoms in total. The summed E-state index contributed by atoms with van der Waals surface area (Å²) < 4.78 is 1.73. The van der Waals surface area contributed by atoms with Crippen molar-refractivity contribution in [3.05, 3.63) is 53.9 Å². The molecule has 0 bridgehead atoms. The van der Waals surface area contributed by atoms with E-state index in [1.165, 1.54) is 0 Å². The van der Waals surface area contributed by atoms with Crippen molar-refractivity contribution in [2.75, 3.05) is 0 Å². The molecular formula is C13H16N4O. The third-order valence-electron chi connectivity index (χ3n) is 2.65. The van der Waals surface area contributed by atoms with Crippen LogP contribution in [0.5, 0.6) is 0 Å². The van der Waals surface area contributed by atoms with Crippen LogP contribution in [0.2, 0.25) is 0 Å². The van der Waals surface area contributed by atoms with E-state index in [1.54, 1.807) is 10.9 Å². The zero-order chi connectivity index (χ0) is 12.8. The molecule has 1 aromatic heterocycles. The summed E-state index contributed by atoms with van der Waals surface area (Å²) in [5.41, 5.74) is 2.04. The van der Waals surface area contributed by atoms with Crippen LogP contribution >= 0.6 is 0 Å². The maximum absolute atomic E-state index is 11.6. The zero-order valence-corrected chi connectivity index (χ0v) is 10.3. The summed E-state index contributed by atoms with van der Waals surface area (Å²) in [4.78, 5) is 11.6. The molecule has 0 saturated heterocycles. The highest BCUT2D eigenvalue weighted by Crippen LogP contribution is 1.97. The SMILES string of the molecule is Cn1nccc1CNC(=O)NCc1ccccc1. The molecule has 0 atom stereocenters. The topological polar surface area (TPSA) is 59.0 Å². The number of benzene rings is 1. The van der Waals surface area contributed by atoms with Crippen LogP contribution in [0.15, 0.2) is 42.6 Å². The summed E-state index contributed by atoms with van der Waals surface area (Å²) in [5.74, 6) is 0. The van der Waals surface area contributed by atoms with E-state index in [9.17, 15) is 4.79 Å². The van der Waals surface area contributed by atoms with Crippen LogP contribution in [-0.2, 0) is 20.1 Å². The molecule has 1 aromatic carbocycles. The van der Waals surface area contributed by atoms with E-state index in [0.717, 1.165) is 11.3 Å². The van der Waals surface area contributed by atoms with Crippen LogP contribution in [0.25, 0.3) is 0 Å². The first-order chi connectivity index (χ1) is 8.75. The van der Waals surface area contributed by atoms with Crippen LogP contribution in [0.1, 0.15) is 11.3 Å². The molecule has 0 spiro atoms. The predicted molar refractivity (Wildman–Crippen MR) is 68.7 cm³/mol. The molecule has 0 saturated carbocycles. The number of nitrogens with zero attached hydrogens (tertiary/aromatic N) is 2. The number of amides is 2. The van der Waals surface area contributed by atoms with Crippen molar-refractivity contribution in [3.8, 4) is 0 Å². The van der Waals surface area contributed by atoms with Gasteiger partial charge in [0.25, 0.3) is 0 Å². The standard InChI is InChI=1S/C13H16N4O/c1-17-12(7-8-16-17)10-15-13(18)14-9-11-5-3-2-4-6-11/h2-8H,9-10H2,1H3,(H2,14,15,18). The van der Waals surface area contributed by atoms with Crippen LogP contribution < -0.4 is 10.6 Å². The maximum atomic E-state index is 11.6. The summed E-state index contributed by atoms with van der Waals surface area (Å²) in [6.45, 7) is 0.995. The summed E-state index contributed by atoms with van der Waals surface area (Å²) in [6.07, 6.45) is 1.71. The fraction of sp³-hybridized carbons (Fsp3) is 0.231. The predicted octanol–water partition coefficient (Wildman–Crippen LogP) is 1.42. The third-order valence-corrected chi connectivity index (χ3v) is 2.65. The molecule has 0 radical (unpaired) electrons. The molecule has 2 N–H and O–H groups in total. The molecule has 18 heavy (non-hydrogen) atoms. The van der Waals surface area contributed by atoms with Gasteiger partial charge in [-0.2, -0.15) is 5.10 Å². The van der Waals surface area contributed by atoms with E-state index in [2.05, 4.69) is 15.7 Å². The smallest absolute Gasteiger partial charge is 0.315 e. The molecule has 0 fully saturated rings. The zero-order valence-electron chi connectivity index (χ0n) is 10.3. The summed E-state index contributed by atoms with van der Waals surface area (Å²) in [7, 11) is 1.85. The molecule has 0 aliphatic rings. The van der Waals surface area contributed by atoms with Crippen molar-refractivity contribution < 1.29 is 4.79 Å². The number of nitrogens with one attached hydrogen (secondary N) is 2. The monoisotopic (exact) mass is 244 g/mol. The van der Waals surface area contributed by atoms with Crippen molar-refractivity contribution in [1.29, 1.82) is 0 Å². The molecule has 2 amide bonds. The molecule has 2 aromatic rings. The van der Waals surface area contributed by atoms with Gasteiger partial charge in [-0.05, 0) is 11.6 Å². The first kappa shape index (κ1) is 12.2. The van der Waals surface area contributed by atoms with Gasteiger partial charge >= 0.3 is 6.03 Å². The lowest BCUT2D eigenvalue weighted by Gasteiger charge is -2.07. The number of urea groups is 1. The second-order valence-electron chi connectivity index (χ2n) is 3.97. The van der Waals surface area contributed by atoms with Gasteiger partial charge in [-0.3, -0.25) is 4.68 Å². The number of aromatic nitrogens is 2. The van der Waals surface area contributed by atoms with E-state index in [1.807, 2.05) is 43.4 Å². The second-order valence-corrected chi connectivity index (χ2v) is 3.97. The molecule has 5 heteroatoms. The molecule has 94 valence electrons. The lowest BCUT2D eigenvalue weighted by atomic mass is 10.2. The minimum absolute atomic E-state index is 0.181. The third kappa shape index (κ3) is 3.35. The van der Waals surface area contributed by atoms with Gasteiger partial charge in [-0.15, -0.1) is 0 Å². The van der Waals surface area contributed by atoms with Crippen LogP contribution in [-0.4, -0.2) is 15.8 Å². The summed E-state index contributed by atoms with van der Waals surface area (Å²) in [5, 5.41) is 9.62. The van der Waals surface area contributed by atoms with E-state index < -0.39 is 0 Å². The molecule has 1 heterocycles. The largest absolute Gasteiger partial charge is 0.334 e. The first-order valence-electron chi connectivity index (χ1n) is 5.78. The van der Waals surface area contributed by atoms with E-state index in [0.29, 0.717) is 13.1 Å². The van der Waals surface area contributed by atoms with Gasteiger partial charge in [0.15, 0.2) is 0 Å². The second kappa shape index (κ2) is 5.86. The fourth-order valence-corrected chi connectivity index (χ4v) is 1.59. The molecule has 0 aliphatic carbocycles. The van der Waals surface area contributed by atoms with Crippen molar-refractivity contribution in [3.63, 3.8) is 0 Å². The van der Waals surface area contributed by atoms with Crippen molar-refractivity contribution in [2.24, 2.45) is 7.05 Å². The Bertz CT molecular complexity index is 507. The Morgan fingerprint density at radius 1 is 1.17 bits per heavy atom. The van der Waals surface area contributed by atoms with Crippen LogP contribution in [0.4, 0.5) is 4.79 Å². The quantitative estimate of drug-likeness (QED) is 0.854. The van der Waals surface area contributed by atoms with Crippen molar-refractivity contribution in [2.45, 2.75) is 13.1 Å². The Balaban J connectivity index is 1.75. The highest BCUT2D eigenvalue weighted by atomic mass is 16.2.